The van der Waals surface area contributed by atoms with Gasteiger partial charge in [-0.2, -0.15) is 0 Å². The normalized spacial score (nSPS) is 13.8. The Kier molecular flexibility index (Phi) is 36.1. The van der Waals surface area contributed by atoms with Gasteiger partial charge in [-0.05, 0) is 38.5 Å². The Bertz CT molecular complexity index is 980. The maximum atomic E-state index is 12.7. The maximum Gasteiger partial charge on any atom is 0.472 e. The standard InChI is InChI=1S/C44H84NO8P/c1-6-8-10-12-14-16-18-20-22-23-25-26-28-30-32-34-36-43(46)50-40-42(41-52-54(48,49)51-39-38-45(3,4)5)53-44(47)37-35-33-31-29-27-24-21-19-17-15-13-11-9-7-2/h13,15,19,21,42H,6-12,14,16-18,20,22-41H2,1-5H3/p+1/b15-13-,21-19-/t42-/m1/s1. The molecule has 0 radical (unpaired) electrons. The molecule has 0 saturated carbocycles. The number of phosphoric acid groups is 1. The average Bonchev–Trinajstić information content (AvgIpc) is 3.12. The van der Waals surface area contributed by atoms with Gasteiger partial charge in [-0.15, -0.1) is 0 Å². The van der Waals surface area contributed by atoms with E-state index >= 15 is 0 Å². The molecule has 0 fully saturated rings. The molecule has 0 aliphatic carbocycles. The molecule has 318 valence electrons. The predicted molar refractivity (Wildman–Crippen MR) is 224 cm³/mol. The van der Waals surface area contributed by atoms with Crippen LogP contribution in [0.3, 0.4) is 0 Å². The molecule has 1 unspecified atom stereocenters. The predicted octanol–water partition coefficient (Wildman–Crippen LogP) is 12.4. The van der Waals surface area contributed by atoms with Crippen LogP contribution >= 0.6 is 7.82 Å². The van der Waals surface area contributed by atoms with Crippen LogP contribution < -0.4 is 0 Å². The van der Waals surface area contributed by atoms with Gasteiger partial charge in [0.1, 0.15) is 19.8 Å². The van der Waals surface area contributed by atoms with Crippen LogP contribution in [0.4, 0.5) is 0 Å². The molecule has 0 rings (SSSR count). The van der Waals surface area contributed by atoms with Crippen molar-refractivity contribution in [2.75, 3.05) is 47.5 Å². The van der Waals surface area contributed by atoms with Gasteiger partial charge in [0.05, 0.1) is 27.7 Å². The largest absolute Gasteiger partial charge is 0.472 e. The number of ether oxygens (including phenoxy) is 2. The van der Waals surface area contributed by atoms with E-state index in [1.807, 2.05) is 21.1 Å². The van der Waals surface area contributed by atoms with Crippen LogP contribution in [0.2, 0.25) is 0 Å². The lowest BCUT2D eigenvalue weighted by Crippen LogP contribution is -2.37. The molecule has 0 aromatic heterocycles. The minimum absolute atomic E-state index is 0.0305. The van der Waals surface area contributed by atoms with Gasteiger partial charge in [-0.3, -0.25) is 18.6 Å². The van der Waals surface area contributed by atoms with E-state index in [-0.39, 0.29) is 25.6 Å². The summed E-state index contributed by atoms with van der Waals surface area (Å²) in [4.78, 5) is 35.3. The number of allylic oxidation sites excluding steroid dienone is 4. The van der Waals surface area contributed by atoms with Crippen molar-refractivity contribution in [3.63, 3.8) is 0 Å². The summed E-state index contributed by atoms with van der Waals surface area (Å²) in [5, 5.41) is 0. The van der Waals surface area contributed by atoms with Crippen LogP contribution in [0.25, 0.3) is 0 Å². The first-order chi connectivity index (χ1) is 26.0. The lowest BCUT2D eigenvalue weighted by atomic mass is 10.0. The summed E-state index contributed by atoms with van der Waals surface area (Å²) >= 11 is 0. The van der Waals surface area contributed by atoms with Crippen molar-refractivity contribution in [3.05, 3.63) is 24.3 Å². The van der Waals surface area contributed by atoms with Gasteiger partial charge in [0.2, 0.25) is 0 Å². The first kappa shape index (κ1) is 52.5. The van der Waals surface area contributed by atoms with Gasteiger partial charge in [-0.25, -0.2) is 4.57 Å². The number of likely N-dealkylation sites (N-methyl/N-ethyl adjacent to an activating group) is 1. The second kappa shape index (κ2) is 37.1. The van der Waals surface area contributed by atoms with Gasteiger partial charge >= 0.3 is 19.8 Å². The quantitative estimate of drug-likeness (QED) is 0.0215. The number of rotatable bonds is 40. The van der Waals surface area contributed by atoms with Gasteiger partial charge in [0.25, 0.3) is 0 Å². The molecule has 0 aliphatic rings. The molecule has 2 atom stereocenters. The van der Waals surface area contributed by atoms with Crippen molar-refractivity contribution in [1.82, 2.24) is 0 Å². The molecule has 0 spiro atoms. The molecule has 9 nitrogen and oxygen atoms in total. The van der Waals surface area contributed by atoms with Crippen molar-refractivity contribution < 1.29 is 42.1 Å². The Morgan fingerprint density at radius 3 is 1.52 bits per heavy atom. The van der Waals surface area contributed by atoms with E-state index in [2.05, 4.69) is 38.2 Å². The molecule has 0 heterocycles. The minimum atomic E-state index is -4.37. The summed E-state index contributed by atoms with van der Waals surface area (Å²) in [5.41, 5.74) is 0. The van der Waals surface area contributed by atoms with Crippen LogP contribution in [-0.2, 0) is 32.7 Å². The molecule has 0 amide bonds. The molecule has 10 heteroatoms. The van der Waals surface area contributed by atoms with Crippen LogP contribution in [0.5, 0.6) is 0 Å². The third kappa shape index (κ3) is 40.2. The van der Waals surface area contributed by atoms with Gasteiger partial charge in [0, 0.05) is 12.8 Å². The van der Waals surface area contributed by atoms with E-state index in [0.717, 1.165) is 64.2 Å². The Morgan fingerprint density at radius 1 is 0.574 bits per heavy atom. The smallest absolute Gasteiger partial charge is 0.462 e. The van der Waals surface area contributed by atoms with E-state index in [9.17, 15) is 19.0 Å². The SMILES string of the molecule is CCCC/C=C\C/C=C\CCCCCCCC(=O)O[C@H](COC(=O)CCCCCCCCCCCCCCCCCC)COP(=O)(O)OCC[N+](C)(C)C. The Morgan fingerprint density at radius 2 is 1.02 bits per heavy atom. The zero-order chi connectivity index (χ0) is 40.0. The highest BCUT2D eigenvalue weighted by atomic mass is 31.2. The summed E-state index contributed by atoms with van der Waals surface area (Å²) in [6, 6.07) is 0. The lowest BCUT2D eigenvalue weighted by Gasteiger charge is -2.24. The number of quaternary nitrogens is 1. The summed E-state index contributed by atoms with van der Waals surface area (Å²) < 4.78 is 34.3. The van der Waals surface area contributed by atoms with Crippen molar-refractivity contribution in [1.29, 1.82) is 0 Å². The number of carbonyl (C=O) groups excluding carboxylic acids is 2. The lowest BCUT2D eigenvalue weighted by molar-refractivity contribution is -0.870. The molecular weight excluding hydrogens is 701 g/mol. The van der Waals surface area contributed by atoms with Crippen molar-refractivity contribution in [2.45, 2.75) is 200 Å². The summed E-state index contributed by atoms with van der Waals surface area (Å²) in [6.45, 7) is 4.38. The summed E-state index contributed by atoms with van der Waals surface area (Å²) in [5.74, 6) is -0.808. The number of unbranched alkanes of at least 4 members (excludes halogenated alkanes) is 22. The zero-order valence-electron chi connectivity index (χ0n) is 35.7. The molecule has 1 N–H and O–H groups in total. The number of carbonyl (C=O) groups is 2. The first-order valence-electron chi connectivity index (χ1n) is 22.1. The third-order valence-corrected chi connectivity index (χ3v) is 10.5. The van der Waals surface area contributed by atoms with Crippen LogP contribution in [0, 0.1) is 0 Å². The van der Waals surface area contributed by atoms with Crippen LogP contribution in [-0.4, -0.2) is 74.9 Å². The fraction of sp³-hybridized carbons (Fsp3) is 0.864. The highest BCUT2D eigenvalue weighted by Crippen LogP contribution is 2.43. The molecule has 0 aromatic rings. The number of nitrogens with zero attached hydrogens (tertiary/aromatic N) is 1. The maximum absolute atomic E-state index is 12.7. The molecule has 0 aromatic carbocycles. The fourth-order valence-electron chi connectivity index (χ4n) is 5.97. The van der Waals surface area contributed by atoms with Crippen LogP contribution in [0.15, 0.2) is 24.3 Å². The molecule has 0 bridgehead atoms. The number of phosphoric ester groups is 1. The highest BCUT2D eigenvalue weighted by Gasteiger charge is 2.27. The van der Waals surface area contributed by atoms with E-state index in [1.165, 1.54) is 96.3 Å². The second-order valence-corrected chi connectivity index (χ2v) is 17.5. The van der Waals surface area contributed by atoms with E-state index < -0.39 is 26.5 Å². The van der Waals surface area contributed by atoms with E-state index in [1.54, 1.807) is 0 Å². The molecule has 0 saturated heterocycles. The summed E-state index contributed by atoms with van der Waals surface area (Å²) in [7, 11) is 1.47. The monoisotopic (exact) mass is 787 g/mol. The second-order valence-electron chi connectivity index (χ2n) is 16.1. The van der Waals surface area contributed by atoms with Gasteiger partial charge < -0.3 is 18.9 Å². The minimum Gasteiger partial charge on any atom is -0.462 e. The fourth-order valence-corrected chi connectivity index (χ4v) is 6.71. The number of esters is 2. The number of hydrogen-bond donors (Lipinski definition) is 1. The Balaban J connectivity index is 4.35. The van der Waals surface area contributed by atoms with Crippen molar-refractivity contribution >= 4 is 19.8 Å². The van der Waals surface area contributed by atoms with Crippen molar-refractivity contribution in [2.24, 2.45) is 0 Å². The topological polar surface area (TPSA) is 108 Å². The van der Waals surface area contributed by atoms with Gasteiger partial charge in [-0.1, -0.05) is 167 Å². The molecule has 0 aliphatic heterocycles. The Labute approximate surface area is 332 Å². The molecule has 54 heavy (non-hydrogen) atoms. The van der Waals surface area contributed by atoms with Crippen molar-refractivity contribution in [3.8, 4) is 0 Å². The number of hydrogen-bond acceptors (Lipinski definition) is 7. The first-order valence-corrected chi connectivity index (χ1v) is 23.6. The average molecular weight is 787 g/mol. The summed E-state index contributed by atoms with van der Waals surface area (Å²) in [6.07, 6.45) is 39.3. The van der Waals surface area contributed by atoms with E-state index in [0.29, 0.717) is 23.9 Å². The Hall–Kier alpha value is -1.51. The highest BCUT2D eigenvalue weighted by molar-refractivity contribution is 7.47. The molecular formula is C44H85NO8P+. The third-order valence-electron chi connectivity index (χ3n) is 9.48. The van der Waals surface area contributed by atoms with E-state index in [4.69, 9.17) is 18.5 Å². The van der Waals surface area contributed by atoms with Crippen LogP contribution in [0.1, 0.15) is 194 Å². The zero-order valence-corrected chi connectivity index (χ0v) is 36.6. The van der Waals surface area contributed by atoms with Gasteiger partial charge in [0.15, 0.2) is 6.10 Å².